The second-order valence-electron chi connectivity index (χ2n) is 6.33. The van der Waals surface area contributed by atoms with Crippen LogP contribution < -0.4 is 14.8 Å². The molecule has 0 unspecified atom stereocenters. The van der Waals surface area contributed by atoms with Crippen molar-refractivity contribution in [2.24, 2.45) is 0 Å². The molecule has 1 aromatic heterocycles. The number of Topliss-reactive ketones (excluding diaryl/α,β-unsaturated/α-hetero) is 1. The number of hydrogen-bond donors (Lipinski definition) is 1. The number of nitrogens with one attached hydrogen (secondary N) is 1. The van der Waals surface area contributed by atoms with E-state index >= 15 is 0 Å². The molecule has 0 fully saturated rings. The first-order valence-corrected chi connectivity index (χ1v) is 9.80. The van der Waals surface area contributed by atoms with Crippen LogP contribution in [0.3, 0.4) is 0 Å². The van der Waals surface area contributed by atoms with Gasteiger partial charge in [-0.15, -0.1) is 10.2 Å². The lowest BCUT2D eigenvalue weighted by Crippen LogP contribution is -2.25. The summed E-state index contributed by atoms with van der Waals surface area (Å²) in [6.07, 6.45) is 0. The topological polar surface area (TPSA) is 104 Å². The first kappa shape index (κ1) is 19.0. The van der Waals surface area contributed by atoms with Gasteiger partial charge in [-0.1, -0.05) is 23.9 Å². The van der Waals surface area contributed by atoms with E-state index in [-0.39, 0.29) is 35.9 Å². The van der Waals surface area contributed by atoms with Gasteiger partial charge >= 0.3 is 0 Å². The highest BCUT2D eigenvalue weighted by Crippen LogP contribution is 2.29. The maximum atomic E-state index is 12.4. The molecule has 3 aromatic rings. The number of ether oxygens (including phenoxy) is 2. The van der Waals surface area contributed by atoms with Gasteiger partial charge < -0.3 is 19.2 Å². The van der Waals surface area contributed by atoms with Crippen LogP contribution in [-0.2, 0) is 11.4 Å². The van der Waals surface area contributed by atoms with Gasteiger partial charge in [-0.25, -0.2) is 0 Å². The smallest absolute Gasteiger partial charge is 0.277 e. The molecule has 4 rings (SSSR count). The Morgan fingerprint density at radius 2 is 2.14 bits per heavy atom. The Morgan fingerprint density at radius 1 is 1.24 bits per heavy atom. The number of benzene rings is 2. The number of thioether (sulfide) groups is 1. The second-order valence-corrected chi connectivity index (χ2v) is 7.25. The van der Waals surface area contributed by atoms with E-state index in [9.17, 15) is 9.59 Å². The normalized spacial score (nSPS) is 12.7. The van der Waals surface area contributed by atoms with Crippen LogP contribution in [-0.4, -0.2) is 34.2 Å². The predicted octanol–water partition coefficient (Wildman–Crippen LogP) is 3.26. The third kappa shape index (κ3) is 4.75. The monoisotopic (exact) mass is 411 g/mol. The molecule has 148 valence electrons. The zero-order chi connectivity index (χ0) is 20.2. The average Bonchev–Trinajstić information content (AvgIpc) is 3.18. The molecule has 2 heterocycles. The molecule has 0 bridgehead atoms. The van der Waals surface area contributed by atoms with Crippen LogP contribution in [0.2, 0.25) is 0 Å². The lowest BCUT2D eigenvalue weighted by Gasteiger charge is -2.18. The van der Waals surface area contributed by atoms with Crippen molar-refractivity contribution in [2.75, 3.05) is 17.7 Å². The molecule has 9 heteroatoms. The molecular weight excluding hydrogens is 394 g/mol. The number of aromatic nitrogens is 2. The van der Waals surface area contributed by atoms with Crippen LogP contribution in [0.1, 0.15) is 21.8 Å². The summed E-state index contributed by atoms with van der Waals surface area (Å²) in [5.41, 5.74) is 2.05. The number of hydrogen-bond acceptors (Lipinski definition) is 8. The summed E-state index contributed by atoms with van der Waals surface area (Å²) in [5, 5.41) is 10.8. The quantitative estimate of drug-likeness (QED) is 0.467. The number of ketones is 1. The van der Waals surface area contributed by atoms with Gasteiger partial charge in [0.05, 0.1) is 11.4 Å². The van der Waals surface area contributed by atoms with Crippen molar-refractivity contribution in [2.45, 2.75) is 18.8 Å². The fourth-order valence-corrected chi connectivity index (χ4v) is 3.35. The molecular formula is C20H17N3O5S. The summed E-state index contributed by atoms with van der Waals surface area (Å²) in [4.78, 5) is 23.9. The standard InChI is InChI=1S/C20H17N3O5S/c1-12-3-2-4-14(7-12)26-10-19-22-23-20(28-19)29-11-16(24)13-5-6-17-15(8-13)21-18(25)9-27-17/h2-8H,9-11H2,1H3,(H,21,25). The number of aryl methyl sites for hydroxylation is 1. The third-order valence-electron chi connectivity index (χ3n) is 4.06. The molecule has 1 aliphatic heterocycles. The van der Waals surface area contributed by atoms with E-state index in [1.807, 2.05) is 31.2 Å². The van der Waals surface area contributed by atoms with Gasteiger partial charge in [0.2, 0.25) is 0 Å². The number of rotatable bonds is 7. The number of anilines is 1. The summed E-state index contributed by atoms with van der Waals surface area (Å²) >= 11 is 1.14. The lowest BCUT2D eigenvalue weighted by molar-refractivity contribution is -0.118. The fourth-order valence-electron chi connectivity index (χ4n) is 2.67. The van der Waals surface area contributed by atoms with Crippen molar-refractivity contribution < 1.29 is 23.5 Å². The van der Waals surface area contributed by atoms with E-state index in [4.69, 9.17) is 13.9 Å². The predicted molar refractivity (Wildman–Crippen MR) is 105 cm³/mol. The largest absolute Gasteiger partial charge is 0.484 e. The Morgan fingerprint density at radius 3 is 3.00 bits per heavy atom. The van der Waals surface area contributed by atoms with E-state index in [0.717, 1.165) is 23.1 Å². The van der Waals surface area contributed by atoms with Crippen LogP contribution >= 0.6 is 11.8 Å². The van der Waals surface area contributed by atoms with Gasteiger partial charge in [0.15, 0.2) is 19.0 Å². The molecule has 1 amide bonds. The summed E-state index contributed by atoms with van der Waals surface area (Å²) in [7, 11) is 0. The minimum Gasteiger partial charge on any atom is -0.484 e. The van der Waals surface area contributed by atoms with Crippen LogP contribution in [0, 0.1) is 6.92 Å². The van der Waals surface area contributed by atoms with Crippen molar-refractivity contribution in [3.63, 3.8) is 0 Å². The Kier molecular flexibility index (Phi) is 5.48. The number of carbonyl (C=O) groups is 2. The van der Waals surface area contributed by atoms with Crippen molar-refractivity contribution in [1.29, 1.82) is 0 Å². The van der Waals surface area contributed by atoms with Gasteiger partial charge in [0.1, 0.15) is 11.5 Å². The minimum absolute atomic E-state index is 0.0246. The molecule has 0 aliphatic carbocycles. The molecule has 0 atom stereocenters. The first-order chi connectivity index (χ1) is 14.1. The Balaban J connectivity index is 1.32. The van der Waals surface area contributed by atoms with Crippen molar-refractivity contribution in [3.05, 3.63) is 59.5 Å². The SMILES string of the molecule is Cc1cccc(OCc2nnc(SCC(=O)c3ccc4c(c3)NC(=O)CO4)o2)c1. The molecule has 2 aromatic carbocycles. The van der Waals surface area contributed by atoms with Crippen LogP contribution in [0.25, 0.3) is 0 Å². The van der Waals surface area contributed by atoms with E-state index in [2.05, 4.69) is 15.5 Å². The average molecular weight is 411 g/mol. The lowest BCUT2D eigenvalue weighted by atomic mass is 10.1. The highest BCUT2D eigenvalue weighted by Gasteiger charge is 2.18. The molecule has 0 spiro atoms. The highest BCUT2D eigenvalue weighted by atomic mass is 32.2. The van der Waals surface area contributed by atoms with E-state index in [1.165, 1.54) is 0 Å². The molecule has 29 heavy (non-hydrogen) atoms. The first-order valence-electron chi connectivity index (χ1n) is 8.81. The number of fused-ring (bicyclic) bond motifs is 1. The third-order valence-corrected chi connectivity index (χ3v) is 4.88. The maximum Gasteiger partial charge on any atom is 0.277 e. The van der Waals surface area contributed by atoms with E-state index in [0.29, 0.717) is 22.9 Å². The molecule has 0 saturated carbocycles. The highest BCUT2D eigenvalue weighted by molar-refractivity contribution is 7.99. The summed E-state index contributed by atoms with van der Waals surface area (Å²) in [6, 6.07) is 12.6. The minimum atomic E-state index is -0.247. The van der Waals surface area contributed by atoms with Gasteiger partial charge in [-0.3, -0.25) is 9.59 Å². The van der Waals surface area contributed by atoms with Crippen molar-refractivity contribution >= 4 is 29.1 Å². The fraction of sp³-hybridized carbons (Fsp3) is 0.200. The Bertz CT molecular complexity index is 1070. The van der Waals surface area contributed by atoms with Crippen molar-refractivity contribution in [1.82, 2.24) is 10.2 Å². The summed E-state index contributed by atoms with van der Waals surface area (Å²) in [5.74, 6) is 1.33. The van der Waals surface area contributed by atoms with Crippen LogP contribution in [0.15, 0.2) is 52.1 Å². The zero-order valence-corrected chi connectivity index (χ0v) is 16.3. The van der Waals surface area contributed by atoms with E-state index in [1.54, 1.807) is 18.2 Å². The Hall–Kier alpha value is -3.33. The maximum absolute atomic E-state index is 12.4. The van der Waals surface area contributed by atoms with Crippen LogP contribution in [0.5, 0.6) is 11.5 Å². The van der Waals surface area contributed by atoms with Gasteiger partial charge in [-0.2, -0.15) is 0 Å². The Labute approximate surface area is 170 Å². The molecule has 1 aliphatic rings. The number of carbonyl (C=O) groups excluding carboxylic acids is 2. The summed E-state index contributed by atoms with van der Waals surface area (Å²) in [6.45, 7) is 2.10. The summed E-state index contributed by atoms with van der Waals surface area (Å²) < 4.78 is 16.4. The van der Waals surface area contributed by atoms with Crippen molar-refractivity contribution in [3.8, 4) is 11.5 Å². The molecule has 0 radical (unpaired) electrons. The number of nitrogens with zero attached hydrogens (tertiary/aromatic N) is 2. The van der Waals surface area contributed by atoms with Crippen LogP contribution in [0.4, 0.5) is 5.69 Å². The van der Waals surface area contributed by atoms with E-state index < -0.39 is 0 Å². The van der Waals surface area contributed by atoms with Gasteiger partial charge in [-0.05, 0) is 42.8 Å². The van der Waals surface area contributed by atoms with Gasteiger partial charge in [0.25, 0.3) is 17.0 Å². The molecule has 1 N–H and O–H groups in total. The second kappa shape index (κ2) is 8.36. The van der Waals surface area contributed by atoms with Gasteiger partial charge in [0, 0.05) is 5.56 Å². The molecule has 0 saturated heterocycles. The number of amides is 1. The zero-order valence-electron chi connectivity index (χ0n) is 15.5. The molecule has 8 nitrogen and oxygen atoms in total.